The highest BCUT2D eigenvalue weighted by Gasteiger charge is 2.21. The van der Waals surface area contributed by atoms with Crippen molar-refractivity contribution in [3.8, 4) is 10.7 Å². The zero-order valence-electron chi connectivity index (χ0n) is 11.6. The van der Waals surface area contributed by atoms with E-state index in [1.54, 1.807) is 4.57 Å². The van der Waals surface area contributed by atoms with Gasteiger partial charge in [0.15, 0.2) is 5.82 Å². The number of aromatic nitrogens is 4. The lowest BCUT2D eigenvalue weighted by Gasteiger charge is -2.07. The molecule has 0 aliphatic carbocycles. The number of imidazole rings is 1. The number of nitrogens with zero attached hydrogens (tertiary/aromatic N) is 4. The SMILES string of the molecule is CC(C)c1nnsc1-c1nc2ccccc2n1CC(=O)O. The second kappa shape index (κ2) is 5.25. The van der Waals surface area contributed by atoms with Crippen LogP contribution in [0.4, 0.5) is 0 Å². The number of rotatable bonds is 4. The predicted molar refractivity (Wildman–Crippen MR) is 80.4 cm³/mol. The van der Waals surface area contributed by atoms with Gasteiger partial charge in [-0.2, -0.15) is 0 Å². The summed E-state index contributed by atoms with van der Waals surface area (Å²) in [5.41, 5.74) is 2.43. The largest absolute Gasteiger partial charge is 0.480 e. The van der Waals surface area contributed by atoms with Crippen molar-refractivity contribution in [2.75, 3.05) is 0 Å². The van der Waals surface area contributed by atoms with Gasteiger partial charge in [0, 0.05) is 0 Å². The Hall–Kier alpha value is -2.28. The van der Waals surface area contributed by atoms with Crippen LogP contribution in [-0.2, 0) is 11.3 Å². The molecule has 21 heavy (non-hydrogen) atoms. The van der Waals surface area contributed by atoms with Crippen LogP contribution in [0.2, 0.25) is 0 Å². The van der Waals surface area contributed by atoms with Crippen LogP contribution in [0.15, 0.2) is 24.3 Å². The molecular weight excluding hydrogens is 288 g/mol. The number of hydrogen-bond donors (Lipinski definition) is 1. The maximum absolute atomic E-state index is 11.2. The van der Waals surface area contributed by atoms with Gasteiger partial charge >= 0.3 is 5.97 Å². The molecule has 3 aromatic rings. The van der Waals surface area contributed by atoms with Crippen LogP contribution >= 0.6 is 11.5 Å². The summed E-state index contributed by atoms with van der Waals surface area (Å²) in [6.45, 7) is 3.93. The van der Waals surface area contributed by atoms with E-state index in [-0.39, 0.29) is 12.5 Å². The number of carboxylic acid groups (broad SMARTS) is 1. The molecule has 0 bridgehead atoms. The van der Waals surface area contributed by atoms with E-state index in [0.29, 0.717) is 5.82 Å². The fraction of sp³-hybridized carbons (Fsp3) is 0.286. The van der Waals surface area contributed by atoms with E-state index in [1.807, 2.05) is 38.1 Å². The van der Waals surface area contributed by atoms with Crippen molar-refractivity contribution in [1.29, 1.82) is 0 Å². The highest BCUT2D eigenvalue weighted by Crippen LogP contribution is 2.32. The summed E-state index contributed by atoms with van der Waals surface area (Å²) in [6.07, 6.45) is 0. The van der Waals surface area contributed by atoms with Crippen LogP contribution in [0.3, 0.4) is 0 Å². The first-order valence-electron chi connectivity index (χ1n) is 6.57. The fourth-order valence-corrected chi connectivity index (χ4v) is 3.09. The fourth-order valence-electron chi connectivity index (χ4n) is 2.27. The molecule has 2 aromatic heterocycles. The number of hydrogen-bond acceptors (Lipinski definition) is 5. The molecule has 0 spiro atoms. The quantitative estimate of drug-likeness (QED) is 0.801. The topological polar surface area (TPSA) is 80.9 Å². The summed E-state index contributed by atoms with van der Waals surface area (Å²) in [7, 11) is 0. The molecule has 1 aromatic carbocycles. The van der Waals surface area contributed by atoms with Gasteiger partial charge in [0.2, 0.25) is 0 Å². The molecule has 108 valence electrons. The van der Waals surface area contributed by atoms with Gasteiger partial charge in [-0.05, 0) is 29.6 Å². The van der Waals surface area contributed by atoms with Crippen LogP contribution in [0.5, 0.6) is 0 Å². The zero-order chi connectivity index (χ0) is 15.0. The second-order valence-corrected chi connectivity index (χ2v) is 5.80. The summed E-state index contributed by atoms with van der Waals surface area (Å²) in [6, 6.07) is 7.51. The average molecular weight is 302 g/mol. The number of aliphatic carboxylic acids is 1. The molecule has 0 saturated heterocycles. The molecule has 0 amide bonds. The molecule has 0 radical (unpaired) electrons. The van der Waals surface area contributed by atoms with E-state index in [0.717, 1.165) is 21.6 Å². The van der Waals surface area contributed by atoms with Crippen LogP contribution in [0.25, 0.3) is 21.7 Å². The van der Waals surface area contributed by atoms with Crippen molar-refractivity contribution in [2.45, 2.75) is 26.3 Å². The Morgan fingerprint density at radius 2 is 2.14 bits per heavy atom. The van der Waals surface area contributed by atoms with E-state index in [1.165, 1.54) is 11.5 Å². The van der Waals surface area contributed by atoms with Crippen molar-refractivity contribution in [1.82, 2.24) is 19.1 Å². The van der Waals surface area contributed by atoms with Crippen molar-refractivity contribution in [2.24, 2.45) is 0 Å². The number of fused-ring (bicyclic) bond motifs is 1. The van der Waals surface area contributed by atoms with Gasteiger partial charge in [-0.25, -0.2) is 4.98 Å². The molecule has 6 nitrogen and oxygen atoms in total. The maximum Gasteiger partial charge on any atom is 0.323 e. The Morgan fingerprint density at radius 1 is 1.38 bits per heavy atom. The van der Waals surface area contributed by atoms with Crippen molar-refractivity contribution in [3.05, 3.63) is 30.0 Å². The first-order valence-corrected chi connectivity index (χ1v) is 7.35. The smallest absolute Gasteiger partial charge is 0.323 e. The highest BCUT2D eigenvalue weighted by atomic mass is 32.1. The highest BCUT2D eigenvalue weighted by molar-refractivity contribution is 7.09. The molecule has 0 aliphatic heterocycles. The molecule has 7 heteroatoms. The van der Waals surface area contributed by atoms with Crippen LogP contribution in [-0.4, -0.2) is 30.2 Å². The van der Waals surface area contributed by atoms with Gasteiger partial charge in [-0.15, -0.1) is 5.10 Å². The Morgan fingerprint density at radius 3 is 2.86 bits per heavy atom. The van der Waals surface area contributed by atoms with Gasteiger partial charge in [-0.3, -0.25) is 4.79 Å². The Balaban J connectivity index is 2.26. The minimum atomic E-state index is -0.900. The predicted octanol–water partition coefficient (Wildman–Crippen LogP) is 2.76. The summed E-state index contributed by atoms with van der Waals surface area (Å²) < 4.78 is 5.71. The van der Waals surface area contributed by atoms with Gasteiger partial charge in [0.05, 0.1) is 16.7 Å². The lowest BCUT2D eigenvalue weighted by atomic mass is 10.1. The Labute approximate surface area is 125 Å². The first kappa shape index (κ1) is 13.7. The van der Waals surface area contributed by atoms with Crippen molar-refractivity contribution in [3.63, 3.8) is 0 Å². The molecule has 3 rings (SSSR count). The van der Waals surface area contributed by atoms with E-state index in [9.17, 15) is 4.79 Å². The normalized spacial score (nSPS) is 11.4. The summed E-state index contributed by atoms with van der Waals surface area (Å²) in [4.78, 5) is 16.6. The maximum atomic E-state index is 11.2. The zero-order valence-corrected chi connectivity index (χ0v) is 12.5. The van der Waals surface area contributed by atoms with E-state index in [2.05, 4.69) is 14.6 Å². The molecule has 2 heterocycles. The lowest BCUT2D eigenvalue weighted by molar-refractivity contribution is -0.137. The van der Waals surface area contributed by atoms with Gasteiger partial charge in [0.25, 0.3) is 0 Å². The third kappa shape index (κ3) is 2.40. The third-order valence-corrected chi connectivity index (χ3v) is 3.95. The number of carboxylic acids is 1. The van der Waals surface area contributed by atoms with Crippen LogP contribution < -0.4 is 0 Å². The lowest BCUT2D eigenvalue weighted by Crippen LogP contribution is -2.10. The molecule has 0 atom stereocenters. The number of carbonyl (C=O) groups is 1. The van der Waals surface area contributed by atoms with Gasteiger partial charge in [-0.1, -0.05) is 30.5 Å². The first-order chi connectivity index (χ1) is 10.1. The number of benzene rings is 1. The van der Waals surface area contributed by atoms with Crippen molar-refractivity contribution >= 4 is 28.5 Å². The average Bonchev–Trinajstić information content (AvgIpc) is 3.03. The minimum absolute atomic E-state index is 0.134. The van der Waals surface area contributed by atoms with Gasteiger partial charge < -0.3 is 9.67 Å². The summed E-state index contributed by atoms with van der Waals surface area (Å²) in [5.74, 6) is -0.0721. The van der Waals surface area contributed by atoms with E-state index in [4.69, 9.17) is 5.11 Å². The van der Waals surface area contributed by atoms with Crippen LogP contribution in [0.1, 0.15) is 25.5 Å². The molecule has 0 fully saturated rings. The molecular formula is C14H14N4O2S. The standard InChI is InChI=1S/C14H14N4O2S/c1-8(2)12-13(21-17-16-12)14-15-9-5-3-4-6-10(9)18(14)7-11(19)20/h3-6,8H,7H2,1-2H3,(H,19,20). The molecule has 0 saturated carbocycles. The van der Waals surface area contributed by atoms with Crippen LogP contribution in [0, 0.1) is 0 Å². The molecule has 1 N–H and O–H groups in total. The van der Waals surface area contributed by atoms with Gasteiger partial charge in [0.1, 0.15) is 11.4 Å². The minimum Gasteiger partial charge on any atom is -0.480 e. The van der Waals surface area contributed by atoms with E-state index < -0.39 is 5.97 Å². The van der Waals surface area contributed by atoms with Crippen molar-refractivity contribution < 1.29 is 9.90 Å². The third-order valence-electron chi connectivity index (χ3n) is 3.21. The molecule has 0 unspecified atom stereocenters. The summed E-state index contributed by atoms with van der Waals surface area (Å²) >= 11 is 1.25. The summed E-state index contributed by atoms with van der Waals surface area (Å²) in [5, 5.41) is 13.3. The van der Waals surface area contributed by atoms with E-state index >= 15 is 0 Å². The Bertz CT molecular complexity index is 806. The monoisotopic (exact) mass is 302 g/mol. The molecule has 0 aliphatic rings. The number of para-hydroxylation sites is 2. The Kier molecular flexibility index (Phi) is 3.42. The second-order valence-electron chi connectivity index (χ2n) is 5.05.